The highest BCUT2D eigenvalue weighted by atomic mass is 79.9. The summed E-state index contributed by atoms with van der Waals surface area (Å²) < 4.78 is 48.1. The Morgan fingerprint density at radius 3 is 2.56 bits per heavy atom. The molecule has 1 aliphatic heterocycles. The number of anilines is 6. The van der Waals surface area contributed by atoms with Gasteiger partial charge in [-0.1, -0.05) is 0 Å². The van der Waals surface area contributed by atoms with Gasteiger partial charge in [0.05, 0.1) is 41.1 Å². The lowest BCUT2D eigenvalue weighted by molar-refractivity contribution is 0.416. The third kappa shape index (κ3) is 6.07. The molecule has 14 heteroatoms. The van der Waals surface area contributed by atoms with Crippen molar-refractivity contribution < 1.29 is 17.5 Å². The van der Waals surface area contributed by atoms with E-state index in [1.165, 1.54) is 12.1 Å². The molecule has 0 fully saturated rings. The summed E-state index contributed by atoms with van der Waals surface area (Å²) in [5.41, 5.74) is 5.27. The molecule has 4 aromatic rings. The van der Waals surface area contributed by atoms with Gasteiger partial charge in [-0.25, -0.2) is 17.8 Å². The Morgan fingerprint density at radius 1 is 1.07 bits per heavy atom. The zero-order chi connectivity index (χ0) is 29.5. The van der Waals surface area contributed by atoms with Crippen LogP contribution in [-0.4, -0.2) is 54.1 Å². The fourth-order valence-electron chi connectivity index (χ4n) is 4.83. The minimum atomic E-state index is -3.65. The van der Waals surface area contributed by atoms with E-state index in [2.05, 4.69) is 65.1 Å². The van der Waals surface area contributed by atoms with Crippen LogP contribution in [0.1, 0.15) is 19.5 Å². The molecule has 11 nitrogen and oxygen atoms in total. The number of nitrogens with one attached hydrogen (secondary N) is 3. The zero-order valence-electron chi connectivity index (χ0n) is 23.2. The Labute approximate surface area is 246 Å². The summed E-state index contributed by atoms with van der Waals surface area (Å²) in [5, 5.41) is 10.8. The van der Waals surface area contributed by atoms with E-state index >= 15 is 0 Å². The van der Waals surface area contributed by atoms with Crippen LogP contribution in [0, 0.1) is 5.82 Å². The van der Waals surface area contributed by atoms with Gasteiger partial charge < -0.3 is 20.3 Å². The number of aryl methyl sites for hydroxylation is 1. The maximum atomic E-state index is 13.9. The van der Waals surface area contributed by atoms with Crippen molar-refractivity contribution in [3.63, 3.8) is 0 Å². The first-order chi connectivity index (χ1) is 19.4. The van der Waals surface area contributed by atoms with Crippen LogP contribution in [0.15, 0.2) is 47.2 Å². The van der Waals surface area contributed by atoms with Crippen LogP contribution in [0.3, 0.4) is 0 Å². The molecule has 2 aromatic heterocycles. The largest absolute Gasteiger partial charge is 0.494 e. The number of aromatic nitrogens is 4. The van der Waals surface area contributed by atoms with Crippen LogP contribution in [-0.2, 0) is 23.5 Å². The number of hydrogen-bond donors (Lipinski definition) is 3. The molecule has 0 spiro atoms. The predicted octanol–water partition coefficient (Wildman–Crippen LogP) is 5.42. The van der Waals surface area contributed by atoms with Crippen molar-refractivity contribution in [1.29, 1.82) is 0 Å². The maximum Gasteiger partial charge on any atom is 0.229 e. The third-order valence-electron chi connectivity index (χ3n) is 6.71. The van der Waals surface area contributed by atoms with Gasteiger partial charge in [-0.3, -0.25) is 9.40 Å². The Kier molecular flexibility index (Phi) is 7.79. The quantitative estimate of drug-likeness (QED) is 0.230. The highest BCUT2D eigenvalue weighted by Gasteiger charge is 2.26. The van der Waals surface area contributed by atoms with Crippen molar-refractivity contribution in [3.8, 4) is 16.9 Å². The van der Waals surface area contributed by atoms with Crippen molar-refractivity contribution in [1.82, 2.24) is 19.7 Å². The Bertz CT molecular complexity index is 1730. The van der Waals surface area contributed by atoms with E-state index in [4.69, 9.17) is 4.74 Å². The highest BCUT2D eigenvalue weighted by molar-refractivity contribution is 9.10. The van der Waals surface area contributed by atoms with Crippen molar-refractivity contribution in [2.75, 3.05) is 40.2 Å². The Morgan fingerprint density at radius 2 is 1.85 bits per heavy atom. The maximum absolute atomic E-state index is 13.9. The first-order valence-corrected chi connectivity index (χ1v) is 15.5. The van der Waals surface area contributed by atoms with Crippen molar-refractivity contribution in [3.05, 3.63) is 58.7 Å². The number of rotatable bonds is 8. The molecule has 0 amide bonds. The molecule has 0 bridgehead atoms. The number of halogens is 2. The summed E-state index contributed by atoms with van der Waals surface area (Å²) in [5.74, 6) is 0.615. The minimum absolute atomic E-state index is 0.0434. The molecule has 0 unspecified atom stereocenters. The van der Waals surface area contributed by atoms with Gasteiger partial charge >= 0.3 is 0 Å². The van der Waals surface area contributed by atoms with Crippen molar-refractivity contribution in [2.24, 2.45) is 7.05 Å². The molecule has 3 N–H and O–H groups in total. The van der Waals surface area contributed by atoms with E-state index in [0.717, 1.165) is 47.8 Å². The van der Waals surface area contributed by atoms with Gasteiger partial charge in [0.1, 0.15) is 17.4 Å². The average molecular weight is 646 g/mol. The van der Waals surface area contributed by atoms with Gasteiger partial charge in [0.15, 0.2) is 0 Å². The summed E-state index contributed by atoms with van der Waals surface area (Å²) in [7, 11) is -0.0886. The van der Waals surface area contributed by atoms with Crippen LogP contribution < -0.4 is 25.0 Å². The molecule has 3 heterocycles. The predicted molar refractivity (Wildman–Crippen MR) is 163 cm³/mol. The fraction of sp³-hybridized carbons (Fsp3) is 0.296. The smallest absolute Gasteiger partial charge is 0.229 e. The first-order valence-electron chi connectivity index (χ1n) is 12.8. The molecule has 1 aliphatic rings. The molecule has 216 valence electrons. The molecule has 0 atom stereocenters. The van der Waals surface area contributed by atoms with Gasteiger partial charge in [0.25, 0.3) is 0 Å². The summed E-state index contributed by atoms with van der Waals surface area (Å²) >= 11 is 3.43. The fourth-order valence-corrected chi connectivity index (χ4v) is 5.69. The van der Waals surface area contributed by atoms with Crippen LogP contribution in [0.25, 0.3) is 11.1 Å². The molecular formula is C27H30BrFN8O3S. The number of benzene rings is 2. The third-order valence-corrected chi connectivity index (χ3v) is 7.88. The molecule has 0 saturated carbocycles. The number of nitrogens with zero attached hydrogens (tertiary/aromatic N) is 5. The van der Waals surface area contributed by atoms with E-state index in [0.29, 0.717) is 27.4 Å². The van der Waals surface area contributed by atoms with E-state index in [1.807, 2.05) is 30.1 Å². The number of ether oxygens (including phenoxy) is 1. The lowest BCUT2D eigenvalue weighted by Crippen LogP contribution is -2.32. The second-order valence-corrected chi connectivity index (χ2v) is 12.5. The van der Waals surface area contributed by atoms with Gasteiger partial charge in [-0.05, 0) is 48.0 Å². The number of fused-ring (bicyclic) bond motifs is 3. The topological polar surface area (TPSA) is 126 Å². The van der Waals surface area contributed by atoms with E-state index in [9.17, 15) is 12.8 Å². The number of sulfonamides is 1. The molecule has 2 aromatic carbocycles. The van der Waals surface area contributed by atoms with Gasteiger partial charge in [-0.15, -0.1) is 0 Å². The molecule has 0 radical (unpaired) electrons. The second-order valence-electron chi connectivity index (χ2n) is 9.94. The first kappa shape index (κ1) is 28.6. The van der Waals surface area contributed by atoms with Crippen LogP contribution in [0.4, 0.5) is 38.9 Å². The number of hydrogen-bond acceptors (Lipinski definition) is 9. The molecule has 41 heavy (non-hydrogen) atoms. The highest BCUT2D eigenvalue weighted by Crippen LogP contribution is 2.43. The van der Waals surface area contributed by atoms with Gasteiger partial charge in [-0.2, -0.15) is 10.1 Å². The van der Waals surface area contributed by atoms with E-state index in [1.54, 1.807) is 13.3 Å². The summed E-state index contributed by atoms with van der Waals surface area (Å²) in [6, 6.07) is 8.03. The van der Waals surface area contributed by atoms with E-state index in [-0.39, 0.29) is 17.7 Å². The van der Waals surface area contributed by atoms with E-state index < -0.39 is 15.8 Å². The molecule has 0 aliphatic carbocycles. The average Bonchev–Trinajstić information content (AvgIpc) is 3.18. The monoisotopic (exact) mass is 644 g/mol. The standard InChI is InChI=1S/C27H30BrFN8O3S/c1-15(2)37-9-8-23-18(13-31-36(23)3)17-11-22(25(40-4)12-24(17)37)33-27-30-14-19(28)26(34-27)32-20-7-6-16(29)10-21(20)35-41(5,38)39/h6-7,10-15,35H,8-9H2,1-5H3,(H2,30,32,33,34). The SMILES string of the molecule is COc1cc2c(cc1Nc1ncc(Br)c(Nc3ccc(F)cc3NS(C)(=O)=O)n1)-c1cnn(C)c1CCN2C(C)C. The summed E-state index contributed by atoms with van der Waals surface area (Å²) in [6.07, 6.45) is 5.29. The minimum Gasteiger partial charge on any atom is -0.494 e. The van der Waals surface area contributed by atoms with Crippen molar-refractivity contribution >= 4 is 60.5 Å². The lowest BCUT2D eigenvalue weighted by Gasteiger charge is -2.30. The summed E-state index contributed by atoms with van der Waals surface area (Å²) in [6.45, 7) is 5.18. The molecule has 0 saturated heterocycles. The van der Waals surface area contributed by atoms with Gasteiger partial charge in [0, 0.05) is 66.9 Å². The molecule has 5 rings (SSSR count). The second kappa shape index (κ2) is 11.2. The van der Waals surface area contributed by atoms with Crippen LogP contribution in [0.2, 0.25) is 0 Å². The van der Waals surface area contributed by atoms with Crippen LogP contribution >= 0.6 is 15.9 Å². The Hall–Kier alpha value is -3.91. The van der Waals surface area contributed by atoms with Crippen LogP contribution in [0.5, 0.6) is 5.75 Å². The Balaban J connectivity index is 1.53. The zero-order valence-corrected chi connectivity index (χ0v) is 25.6. The van der Waals surface area contributed by atoms with Gasteiger partial charge in [0.2, 0.25) is 16.0 Å². The summed E-state index contributed by atoms with van der Waals surface area (Å²) in [4.78, 5) is 11.3. The lowest BCUT2D eigenvalue weighted by atomic mass is 10.0. The van der Waals surface area contributed by atoms with Crippen molar-refractivity contribution in [2.45, 2.75) is 26.3 Å². The molecular weight excluding hydrogens is 615 g/mol. The normalized spacial score (nSPS) is 12.9. The number of methoxy groups -OCH3 is 1.